The second kappa shape index (κ2) is 6.38. The van der Waals surface area contributed by atoms with Crippen LogP contribution < -0.4 is 4.74 Å². The van der Waals surface area contributed by atoms with E-state index in [9.17, 15) is 9.59 Å². The molecule has 1 heterocycles. The molecule has 1 amide bonds. The largest absolute Gasteiger partial charge is 0.490 e. The van der Waals surface area contributed by atoms with Gasteiger partial charge in [0, 0.05) is 19.5 Å². The van der Waals surface area contributed by atoms with Gasteiger partial charge in [-0.2, -0.15) is 0 Å². The minimum absolute atomic E-state index is 0.0884. The maximum atomic E-state index is 11.9. The molecule has 1 aromatic rings. The quantitative estimate of drug-likeness (QED) is 0.907. The smallest absolute Gasteiger partial charge is 0.308 e. The molecule has 1 aliphatic carbocycles. The van der Waals surface area contributed by atoms with Crippen LogP contribution in [0.15, 0.2) is 24.3 Å². The van der Waals surface area contributed by atoms with Crippen LogP contribution in [0.1, 0.15) is 37.7 Å². The number of ether oxygens (including phenoxy) is 1. The van der Waals surface area contributed by atoms with Gasteiger partial charge in [0.15, 0.2) is 0 Å². The van der Waals surface area contributed by atoms with Gasteiger partial charge >= 0.3 is 5.97 Å². The zero-order chi connectivity index (χ0) is 15.5. The SMILES string of the molecule is O=C(O)C1CC(=O)N(Cc2cccc(OC3CCCC3)c2)C1. The molecule has 1 aromatic carbocycles. The molecule has 5 heteroatoms. The third-order valence-corrected chi connectivity index (χ3v) is 4.44. The summed E-state index contributed by atoms with van der Waals surface area (Å²) < 4.78 is 5.97. The molecule has 1 atom stereocenters. The highest BCUT2D eigenvalue weighted by Crippen LogP contribution is 2.26. The zero-order valence-corrected chi connectivity index (χ0v) is 12.5. The van der Waals surface area contributed by atoms with E-state index in [0.717, 1.165) is 24.2 Å². The number of hydrogen-bond acceptors (Lipinski definition) is 3. The van der Waals surface area contributed by atoms with Gasteiger partial charge in [-0.15, -0.1) is 0 Å². The van der Waals surface area contributed by atoms with Crippen molar-refractivity contribution >= 4 is 11.9 Å². The van der Waals surface area contributed by atoms with Crippen molar-refractivity contribution in [1.29, 1.82) is 0 Å². The van der Waals surface area contributed by atoms with Crippen molar-refractivity contribution in [3.63, 3.8) is 0 Å². The Morgan fingerprint density at radius 3 is 2.77 bits per heavy atom. The van der Waals surface area contributed by atoms with Gasteiger partial charge in [-0.1, -0.05) is 12.1 Å². The summed E-state index contributed by atoms with van der Waals surface area (Å²) in [7, 11) is 0. The molecule has 22 heavy (non-hydrogen) atoms. The molecule has 0 aromatic heterocycles. The highest BCUT2D eigenvalue weighted by atomic mass is 16.5. The Hall–Kier alpha value is -2.04. The molecule has 2 fully saturated rings. The summed E-state index contributed by atoms with van der Waals surface area (Å²) >= 11 is 0. The molecule has 0 bridgehead atoms. The van der Waals surface area contributed by atoms with E-state index < -0.39 is 11.9 Å². The molecule has 118 valence electrons. The molecule has 0 radical (unpaired) electrons. The fraction of sp³-hybridized carbons (Fsp3) is 0.529. The average Bonchev–Trinajstić information content (AvgIpc) is 3.10. The second-order valence-corrected chi connectivity index (χ2v) is 6.19. The van der Waals surface area contributed by atoms with Gasteiger partial charge in [0.2, 0.25) is 5.91 Å². The molecule has 1 saturated heterocycles. The number of hydrogen-bond donors (Lipinski definition) is 1. The number of benzene rings is 1. The monoisotopic (exact) mass is 303 g/mol. The Morgan fingerprint density at radius 2 is 2.09 bits per heavy atom. The van der Waals surface area contributed by atoms with Crippen LogP contribution in [0.3, 0.4) is 0 Å². The van der Waals surface area contributed by atoms with Crippen LogP contribution in [0.4, 0.5) is 0 Å². The Bertz CT molecular complexity index is 566. The first-order valence-corrected chi connectivity index (χ1v) is 7.88. The molecule has 1 saturated carbocycles. The first kappa shape index (κ1) is 14.9. The number of likely N-dealkylation sites (tertiary alicyclic amines) is 1. The Balaban J connectivity index is 1.62. The lowest BCUT2D eigenvalue weighted by Gasteiger charge is -2.18. The van der Waals surface area contributed by atoms with Crippen LogP contribution in [0.25, 0.3) is 0 Å². The number of carboxylic acid groups (broad SMARTS) is 1. The highest BCUT2D eigenvalue weighted by molar-refractivity contribution is 5.86. The summed E-state index contributed by atoms with van der Waals surface area (Å²) in [5, 5.41) is 9.02. The van der Waals surface area contributed by atoms with Crippen LogP contribution in [0.2, 0.25) is 0 Å². The maximum absolute atomic E-state index is 11.9. The Kier molecular flexibility index (Phi) is 4.32. The van der Waals surface area contributed by atoms with E-state index in [-0.39, 0.29) is 12.3 Å². The predicted molar refractivity (Wildman–Crippen MR) is 80.5 cm³/mol. The standard InChI is InChI=1S/C17H21NO4/c19-16-9-13(17(20)21)11-18(16)10-12-4-3-7-15(8-12)22-14-5-1-2-6-14/h3-4,7-8,13-14H,1-2,5-6,9-11H2,(H,20,21). The number of aliphatic carboxylic acids is 1. The third kappa shape index (κ3) is 3.40. The highest BCUT2D eigenvalue weighted by Gasteiger charge is 2.34. The van der Waals surface area contributed by atoms with Gasteiger partial charge in [-0.25, -0.2) is 0 Å². The van der Waals surface area contributed by atoms with Gasteiger partial charge in [-0.3, -0.25) is 9.59 Å². The van der Waals surface area contributed by atoms with Crippen LogP contribution in [-0.2, 0) is 16.1 Å². The Morgan fingerprint density at radius 1 is 1.32 bits per heavy atom. The van der Waals surface area contributed by atoms with E-state index in [2.05, 4.69) is 0 Å². The van der Waals surface area contributed by atoms with E-state index in [0.29, 0.717) is 19.2 Å². The van der Waals surface area contributed by atoms with E-state index in [1.807, 2.05) is 24.3 Å². The van der Waals surface area contributed by atoms with Crippen LogP contribution in [0, 0.1) is 5.92 Å². The molecule has 3 rings (SSSR count). The van der Waals surface area contributed by atoms with Gasteiger partial charge in [0.25, 0.3) is 0 Å². The summed E-state index contributed by atoms with van der Waals surface area (Å²) in [6, 6.07) is 7.77. The molecule has 5 nitrogen and oxygen atoms in total. The summed E-state index contributed by atoms with van der Waals surface area (Å²) in [4.78, 5) is 24.5. The molecule has 1 N–H and O–H groups in total. The molecule has 2 aliphatic rings. The van der Waals surface area contributed by atoms with E-state index in [4.69, 9.17) is 9.84 Å². The zero-order valence-electron chi connectivity index (χ0n) is 12.5. The minimum Gasteiger partial charge on any atom is -0.490 e. The van der Waals surface area contributed by atoms with E-state index >= 15 is 0 Å². The van der Waals surface area contributed by atoms with Crippen molar-refractivity contribution < 1.29 is 19.4 Å². The number of carbonyl (C=O) groups is 2. The number of carbonyl (C=O) groups excluding carboxylic acids is 1. The molecular formula is C17H21NO4. The fourth-order valence-electron chi connectivity index (χ4n) is 3.23. The number of rotatable bonds is 5. The fourth-order valence-corrected chi connectivity index (χ4v) is 3.23. The van der Waals surface area contributed by atoms with Crippen LogP contribution in [-0.4, -0.2) is 34.5 Å². The van der Waals surface area contributed by atoms with Gasteiger partial charge in [0.05, 0.1) is 12.0 Å². The summed E-state index contributed by atoms with van der Waals surface area (Å²) in [6.45, 7) is 0.742. The second-order valence-electron chi connectivity index (χ2n) is 6.19. The lowest BCUT2D eigenvalue weighted by molar-refractivity contribution is -0.141. The first-order chi connectivity index (χ1) is 10.6. The van der Waals surface area contributed by atoms with Gasteiger partial charge in [-0.05, 0) is 43.4 Å². The normalized spacial score (nSPS) is 22.3. The maximum Gasteiger partial charge on any atom is 0.308 e. The van der Waals surface area contributed by atoms with Crippen LogP contribution in [0.5, 0.6) is 5.75 Å². The topological polar surface area (TPSA) is 66.8 Å². The summed E-state index contributed by atoms with van der Waals surface area (Å²) in [5.74, 6) is -0.722. The number of carboxylic acids is 1. The predicted octanol–water partition coefficient (Wildman–Crippen LogP) is 2.44. The lowest BCUT2D eigenvalue weighted by Crippen LogP contribution is -2.25. The minimum atomic E-state index is -0.894. The van der Waals surface area contributed by atoms with Gasteiger partial charge in [0.1, 0.15) is 5.75 Å². The third-order valence-electron chi connectivity index (χ3n) is 4.44. The summed E-state index contributed by atoms with van der Waals surface area (Å²) in [5.41, 5.74) is 0.981. The number of amides is 1. The molecule has 1 unspecified atom stereocenters. The summed E-state index contributed by atoms with van der Waals surface area (Å²) in [6.07, 6.45) is 5.07. The number of nitrogens with zero attached hydrogens (tertiary/aromatic N) is 1. The van der Waals surface area contributed by atoms with Crippen molar-refractivity contribution in [2.75, 3.05) is 6.54 Å². The lowest BCUT2D eigenvalue weighted by atomic mass is 10.1. The van der Waals surface area contributed by atoms with Crippen molar-refractivity contribution in [3.05, 3.63) is 29.8 Å². The van der Waals surface area contributed by atoms with E-state index in [1.54, 1.807) is 4.90 Å². The molecule has 0 spiro atoms. The molecule has 1 aliphatic heterocycles. The van der Waals surface area contributed by atoms with Crippen LogP contribution >= 0.6 is 0 Å². The van der Waals surface area contributed by atoms with Crippen molar-refractivity contribution in [3.8, 4) is 5.75 Å². The Labute approximate surface area is 129 Å². The van der Waals surface area contributed by atoms with Crippen molar-refractivity contribution in [1.82, 2.24) is 4.90 Å². The average molecular weight is 303 g/mol. The van der Waals surface area contributed by atoms with E-state index in [1.165, 1.54) is 12.8 Å². The van der Waals surface area contributed by atoms with Crippen molar-refractivity contribution in [2.24, 2.45) is 5.92 Å². The molecular weight excluding hydrogens is 282 g/mol. The van der Waals surface area contributed by atoms with Crippen molar-refractivity contribution in [2.45, 2.75) is 44.8 Å². The first-order valence-electron chi connectivity index (χ1n) is 7.88. The van der Waals surface area contributed by atoms with Gasteiger partial charge < -0.3 is 14.7 Å².